The number of rotatable bonds is 3. The van der Waals surface area contributed by atoms with Gasteiger partial charge in [-0.25, -0.2) is 4.39 Å². The quantitative estimate of drug-likeness (QED) is 0.672. The van der Waals surface area contributed by atoms with E-state index in [4.69, 9.17) is 28.6 Å². The first-order valence-electron chi connectivity index (χ1n) is 7.19. The molecule has 120 valence electrons. The van der Waals surface area contributed by atoms with Crippen molar-refractivity contribution in [2.45, 2.75) is 19.8 Å². The maximum atomic E-state index is 13.4. The highest BCUT2D eigenvalue weighted by atomic mass is 35.5. The molecule has 1 N–H and O–H groups in total. The zero-order chi connectivity index (χ0) is 16.1. The predicted octanol–water partition coefficient (Wildman–Crippen LogP) is 3.45. The fourth-order valence-corrected chi connectivity index (χ4v) is 2.77. The van der Waals surface area contributed by atoms with Crippen LogP contribution in [0.25, 0.3) is 0 Å². The lowest BCUT2D eigenvalue weighted by atomic mass is 9.97. The molecule has 0 unspecified atom stereocenters. The zero-order valence-corrected chi connectivity index (χ0v) is 13.8. The fourth-order valence-electron chi connectivity index (χ4n) is 2.35. The summed E-state index contributed by atoms with van der Waals surface area (Å²) >= 11 is 11.0. The summed E-state index contributed by atoms with van der Waals surface area (Å²) in [6.07, 6.45) is 1.41. The van der Waals surface area contributed by atoms with E-state index < -0.39 is 5.82 Å². The minimum atomic E-state index is -0.490. The van der Waals surface area contributed by atoms with Crippen molar-refractivity contribution in [2.24, 2.45) is 5.92 Å². The Morgan fingerprint density at radius 1 is 1.50 bits per heavy atom. The van der Waals surface area contributed by atoms with Gasteiger partial charge >= 0.3 is 5.97 Å². The minimum absolute atomic E-state index is 0.0630. The molecule has 0 spiro atoms. The third kappa shape index (κ3) is 4.30. The van der Waals surface area contributed by atoms with Crippen LogP contribution in [0, 0.1) is 11.7 Å². The number of likely N-dealkylation sites (tertiary alicyclic amines) is 1. The number of esters is 1. The van der Waals surface area contributed by atoms with Crippen LogP contribution in [0.2, 0.25) is 5.02 Å². The number of nitrogens with zero attached hydrogens (tertiary/aromatic N) is 1. The zero-order valence-electron chi connectivity index (χ0n) is 12.3. The Morgan fingerprint density at radius 3 is 2.77 bits per heavy atom. The summed E-state index contributed by atoms with van der Waals surface area (Å²) in [4.78, 5) is 13.7. The molecule has 1 fully saturated rings. The van der Waals surface area contributed by atoms with Crippen LogP contribution in [0.1, 0.15) is 19.8 Å². The van der Waals surface area contributed by atoms with Crippen molar-refractivity contribution < 1.29 is 13.9 Å². The number of ether oxygens (including phenoxy) is 1. The second kappa shape index (κ2) is 7.74. The van der Waals surface area contributed by atoms with Crippen molar-refractivity contribution in [2.75, 3.05) is 25.0 Å². The van der Waals surface area contributed by atoms with E-state index in [0.717, 1.165) is 0 Å². The van der Waals surface area contributed by atoms with Crippen LogP contribution in [0.5, 0.6) is 0 Å². The molecule has 2 rings (SSSR count). The largest absolute Gasteiger partial charge is 0.466 e. The number of anilines is 1. The van der Waals surface area contributed by atoms with Crippen molar-refractivity contribution in [3.8, 4) is 0 Å². The number of benzene rings is 1. The molecule has 1 aromatic rings. The van der Waals surface area contributed by atoms with Gasteiger partial charge in [-0.05, 0) is 50.2 Å². The summed E-state index contributed by atoms with van der Waals surface area (Å²) in [5, 5.41) is 3.58. The van der Waals surface area contributed by atoms with E-state index in [1.165, 1.54) is 12.1 Å². The van der Waals surface area contributed by atoms with Crippen molar-refractivity contribution in [1.82, 2.24) is 4.90 Å². The molecular weight excluding hydrogens is 327 g/mol. The van der Waals surface area contributed by atoms with Gasteiger partial charge in [-0.2, -0.15) is 0 Å². The van der Waals surface area contributed by atoms with Crippen LogP contribution < -0.4 is 5.32 Å². The van der Waals surface area contributed by atoms with Gasteiger partial charge in [-0.15, -0.1) is 0 Å². The average Bonchev–Trinajstić information content (AvgIpc) is 2.51. The lowest BCUT2D eigenvalue weighted by Gasteiger charge is -2.32. The van der Waals surface area contributed by atoms with Gasteiger partial charge in [-0.1, -0.05) is 11.6 Å². The molecule has 1 heterocycles. The highest BCUT2D eigenvalue weighted by molar-refractivity contribution is 7.80. The highest BCUT2D eigenvalue weighted by Gasteiger charge is 2.27. The molecule has 1 saturated heterocycles. The molecule has 1 aliphatic heterocycles. The van der Waals surface area contributed by atoms with Crippen molar-refractivity contribution in [3.63, 3.8) is 0 Å². The summed E-state index contributed by atoms with van der Waals surface area (Å²) in [5.41, 5.74) is 0.555. The predicted molar refractivity (Wildman–Crippen MR) is 88.6 cm³/mol. The molecule has 0 aromatic heterocycles. The molecule has 0 atom stereocenters. The summed E-state index contributed by atoms with van der Waals surface area (Å²) in [5.74, 6) is -0.691. The smallest absolute Gasteiger partial charge is 0.309 e. The van der Waals surface area contributed by atoms with Gasteiger partial charge in [0.2, 0.25) is 0 Å². The van der Waals surface area contributed by atoms with Gasteiger partial charge in [0.05, 0.1) is 17.5 Å². The first kappa shape index (κ1) is 17.0. The molecule has 22 heavy (non-hydrogen) atoms. The Balaban J connectivity index is 1.87. The SMILES string of the molecule is CCOC(=O)C1CCN(C(=S)Nc2ccc(Cl)c(F)c2)CC1. The van der Waals surface area contributed by atoms with E-state index >= 15 is 0 Å². The van der Waals surface area contributed by atoms with Gasteiger partial charge in [0.25, 0.3) is 0 Å². The maximum absolute atomic E-state index is 13.4. The van der Waals surface area contributed by atoms with Crippen molar-refractivity contribution in [1.29, 1.82) is 0 Å². The molecule has 0 amide bonds. The van der Waals surface area contributed by atoms with Crippen LogP contribution in [-0.4, -0.2) is 35.7 Å². The van der Waals surface area contributed by atoms with Crippen molar-refractivity contribution >= 4 is 40.6 Å². The third-order valence-electron chi connectivity index (χ3n) is 3.57. The highest BCUT2D eigenvalue weighted by Crippen LogP contribution is 2.21. The fraction of sp³-hybridized carbons (Fsp3) is 0.467. The van der Waals surface area contributed by atoms with Crippen molar-refractivity contribution in [3.05, 3.63) is 29.0 Å². The summed E-state index contributed by atoms with van der Waals surface area (Å²) in [6.45, 7) is 3.55. The van der Waals surface area contributed by atoms with Gasteiger partial charge in [-0.3, -0.25) is 4.79 Å². The standard InChI is InChI=1S/C15H18ClFN2O2S/c1-2-21-14(20)10-5-7-19(8-6-10)15(22)18-11-3-4-12(16)13(17)9-11/h3-4,9-10H,2,5-8H2,1H3,(H,18,22). The van der Waals surface area contributed by atoms with E-state index in [9.17, 15) is 9.18 Å². The lowest BCUT2D eigenvalue weighted by Crippen LogP contribution is -2.42. The van der Waals surface area contributed by atoms with Crippen LogP contribution in [0.4, 0.5) is 10.1 Å². The topological polar surface area (TPSA) is 41.6 Å². The van der Waals surface area contributed by atoms with Crippen LogP contribution in [0.3, 0.4) is 0 Å². The molecule has 0 aliphatic carbocycles. The van der Waals surface area contributed by atoms with E-state index in [2.05, 4.69) is 5.32 Å². The second-order valence-electron chi connectivity index (χ2n) is 5.07. The third-order valence-corrected chi connectivity index (χ3v) is 4.24. The van der Waals surface area contributed by atoms with E-state index in [1.54, 1.807) is 13.0 Å². The first-order valence-corrected chi connectivity index (χ1v) is 7.97. The molecule has 0 radical (unpaired) electrons. The van der Waals surface area contributed by atoms with Gasteiger partial charge in [0.1, 0.15) is 5.82 Å². The molecule has 0 bridgehead atoms. The molecule has 0 saturated carbocycles. The summed E-state index contributed by atoms with van der Waals surface area (Å²) in [6, 6.07) is 4.46. The number of piperidine rings is 1. The molecule has 7 heteroatoms. The summed E-state index contributed by atoms with van der Waals surface area (Å²) in [7, 11) is 0. The summed E-state index contributed by atoms with van der Waals surface area (Å²) < 4.78 is 18.4. The van der Waals surface area contributed by atoms with Crippen LogP contribution in [0.15, 0.2) is 18.2 Å². The Bertz CT molecular complexity index is 562. The number of thiocarbonyl (C=S) groups is 1. The minimum Gasteiger partial charge on any atom is -0.466 e. The second-order valence-corrected chi connectivity index (χ2v) is 5.87. The van der Waals surface area contributed by atoms with E-state index in [-0.39, 0.29) is 16.9 Å². The van der Waals surface area contributed by atoms with Gasteiger partial charge in [0.15, 0.2) is 5.11 Å². The molecular formula is C15H18ClFN2O2S. The Labute approximate surface area is 139 Å². The average molecular weight is 345 g/mol. The van der Waals surface area contributed by atoms with Crippen LogP contribution in [-0.2, 0) is 9.53 Å². The lowest BCUT2D eigenvalue weighted by molar-refractivity contribution is -0.149. The monoisotopic (exact) mass is 344 g/mol. The maximum Gasteiger partial charge on any atom is 0.309 e. The number of hydrogen-bond donors (Lipinski definition) is 1. The normalized spacial score (nSPS) is 15.5. The van der Waals surface area contributed by atoms with Gasteiger partial charge < -0.3 is 15.0 Å². The number of carbonyl (C=O) groups is 1. The van der Waals surface area contributed by atoms with E-state index in [0.29, 0.717) is 43.3 Å². The number of nitrogens with one attached hydrogen (secondary N) is 1. The van der Waals surface area contributed by atoms with Crippen LogP contribution >= 0.6 is 23.8 Å². The van der Waals surface area contributed by atoms with E-state index in [1.807, 2.05) is 4.90 Å². The Hall–Kier alpha value is -1.40. The first-order chi connectivity index (χ1) is 10.5. The molecule has 1 aromatic carbocycles. The van der Waals surface area contributed by atoms with Gasteiger partial charge in [0, 0.05) is 18.8 Å². The Morgan fingerprint density at radius 2 is 2.18 bits per heavy atom. The number of hydrogen-bond acceptors (Lipinski definition) is 3. The number of carbonyl (C=O) groups excluding carboxylic acids is 1. The Kier molecular flexibility index (Phi) is 5.97. The number of halogens is 2. The molecule has 4 nitrogen and oxygen atoms in total. The molecule has 1 aliphatic rings.